The van der Waals surface area contributed by atoms with Gasteiger partial charge in [0.05, 0.1) is 5.52 Å². The number of hydrogen-bond donors (Lipinski definition) is 2. The van der Waals surface area contributed by atoms with Gasteiger partial charge in [0.1, 0.15) is 18.0 Å². The minimum absolute atomic E-state index is 0.562. The molecule has 0 atom stereocenters. The van der Waals surface area contributed by atoms with Gasteiger partial charge in [0.25, 0.3) is 0 Å². The molecular formula is C23H23N3O. The van der Waals surface area contributed by atoms with Gasteiger partial charge in [-0.15, -0.1) is 0 Å². The van der Waals surface area contributed by atoms with E-state index in [0.29, 0.717) is 13.2 Å². The van der Waals surface area contributed by atoms with Crippen molar-refractivity contribution in [1.29, 1.82) is 0 Å². The van der Waals surface area contributed by atoms with Crippen molar-refractivity contribution in [2.45, 2.75) is 13.8 Å². The van der Waals surface area contributed by atoms with Gasteiger partial charge in [-0.3, -0.25) is 0 Å². The number of ether oxygens (including phenoxy) is 1. The van der Waals surface area contributed by atoms with E-state index in [-0.39, 0.29) is 0 Å². The lowest BCUT2D eigenvalue weighted by atomic mass is 9.98. The fourth-order valence-corrected chi connectivity index (χ4v) is 3.46. The Kier molecular flexibility index (Phi) is 4.55. The highest BCUT2D eigenvalue weighted by atomic mass is 16.5. The highest BCUT2D eigenvalue weighted by molar-refractivity contribution is 6.15. The molecule has 0 radical (unpaired) electrons. The van der Waals surface area contributed by atoms with Gasteiger partial charge in [-0.1, -0.05) is 36.4 Å². The molecule has 2 heterocycles. The van der Waals surface area contributed by atoms with Crippen molar-refractivity contribution in [3.05, 3.63) is 72.6 Å². The zero-order chi connectivity index (χ0) is 18.8. The van der Waals surface area contributed by atoms with Crippen molar-refractivity contribution in [1.82, 2.24) is 15.3 Å². The molecule has 0 aliphatic heterocycles. The predicted octanol–water partition coefficient (Wildman–Crippen LogP) is 5.11. The Balaban J connectivity index is 1.92. The molecule has 136 valence electrons. The summed E-state index contributed by atoms with van der Waals surface area (Å²) in [5, 5.41) is 5.34. The summed E-state index contributed by atoms with van der Waals surface area (Å²) >= 11 is 0. The maximum absolute atomic E-state index is 6.03. The van der Waals surface area contributed by atoms with Crippen LogP contribution < -0.4 is 10.1 Å². The normalized spacial score (nSPS) is 11.0. The van der Waals surface area contributed by atoms with Crippen molar-refractivity contribution < 1.29 is 4.74 Å². The van der Waals surface area contributed by atoms with Gasteiger partial charge in [0.15, 0.2) is 0 Å². The number of aromatic nitrogens is 2. The Morgan fingerprint density at radius 1 is 1.15 bits per heavy atom. The van der Waals surface area contributed by atoms with Gasteiger partial charge < -0.3 is 15.0 Å². The molecule has 2 N–H and O–H groups in total. The van der Waals surface area contributed by atoms with Gasteiger partial charge in [-0.05, 0) is 54.9 Å². The van der Waals surface area contributed by atoms with Gasteiger partial charge in [0.2, 0.25) is 0 Å². The van der Waals surface area contributed by atoms with Crippen LogP contribution in [0.4, 0.5) is 0 Å². The molecule has 4 rings (SSSR count). The first kappa shape index (κ1) is 17.2. The SMILES string of the molecule is C=CNCCOc1ccc(-c2cccc(C)c2)c2c1[nH]c1ncc(C)cc12. The Morgan fingerprint density at radius 2 is 2.04 bits per heavy atom. The van der Waals surface area contributed by atoms with Gasteiger partial charge in [-0.25, -0.2) is 4.98 Å². The number of nitrogens with zero attached hydrogens (tertiary/aromatic N) is 1. The monoisotopic (exact) mass is 357 g/mol. The minimum atomic E-state index is 0.562. The molecule has 0 aliphatic rings. The lowest BCUT2D eigenvalue weighted by Gasteiger charge is -2.11. The molecular weight excluding hydrogens is 334 g/mol. The zero-order valence-electron chi connectivity index (χ0n) is 15.7. The first-order chi connectivity index (χ1) is 13.2. The number of aromatic amines is 1. The van der Waals surface area contributed by atoms with Crippen LogP contribution in [0.5, 0.6) is 5.75 Å². The Morgan fingerprint density at radius 3 is 2.85 bits per heavy atom. The second-order valence-corrected chi connectivity index (χ2v) is 6.77. The second kappa shape index (κ2) is 7.16. The van der Waals surface area contributed by atoms with Crippen LogP contribution in [0.15, 0.2) is 61.4 Å². The summed E-state index contributed by atoms with van der Waals surface area (Å²) in [5.41, 5.74) is 6.63. The molecule has 0 saturated carbocycles. The Labute approximate surface area is 158 Å². The molecule has 4 heteroatoms. The fourth-order valence-electron chi connectivity index (χ4n) is 3.46. The minimum Gasteiger partial charge on any atom is -0.490 e. The van der Waals surface area contributed by atoms with Crippen LogP contribution in [-0.2, 0) is 0 Å². The quantitative estimate of drug-likeness (QED) is 0.471. The van der Waals surface area contributed by atoms with E-state index in [1.807, 2.05) is 12.3 Å². The molecule has 4 aromatic rings. The van der Waals surface area contributed by atoms with Crippen LogP contribution >= 0.6 is 0 Å². The summed E-state index contributed by atoms with van der Waals surface area (Å²) < 4.78 is 6.03. The van der Waals surface area contributed by atoms with Crippen LogP contribution in [0.1, 0.15) is 11.1 Å². The number of nitrogens with one attached hydrogen (secondary N) is 2. The van der Waals surface area contributed by atoms with E-state index in [1.54, 1.807) is 6.20 Å². The number of benzene rings is 2. The van der Waals surface area contributed by atoms with Crippen molar-refractivity contribution in [3.8, 4) is 16.9 Å². The molecule has 4 nitrogen and oxygen atoms in total. The number of fused-ring (bicyclic) bond motifs is 3. The van der Waals surface area contributed by atoms with Crippen molar-refractivity contribution in [3.63, 3.8) is 0 Å². The summed E-state index contributed by atoms with van der Waals surface area (Å²) in [5.74, 6) is 0.836. The molecule has 2 aromatic heterocycles. The highest BCUT2D eigenvalue weighted by Crippen LogP contribution is 2.39. The van der Waals surface area contributed by atoms with Crippen molar-refractivity contribution in [2.24, 2.45) is 0 Å². The number of H-pyrrole nitrogens is 1. The molecule has 0 aliphatic carbocycles. The summed E-state index contributed by atoms with van der Waals surface area (Å²) in [4.78, 5) is 8.05. The van der Waals surface area contributed by atoms with E-state index in [9.17, 15) is 0 Å². The number of rotatable bonds is 6. The van der Waals surface area contributed by atoms with E-state index in [0.717, 1.165) is 33.2 Å². The first-order valence-corrected chi connectivity index (χ1v) is 9.12. The predicted molar refractivity (Wildman–Crippen MR) is 112 cm³/mol. The van der Waals surface area contributed by atoms with Crippen LogP contribution in [-0.4, -0.2) is 23.1 Å². The molecule has 0 spiro atoms. The van der Waals surface area contributed by atoms with Crippen LogP contribution in [0.2, 0.25) is 0 Å². The molecule has 2 aromatic carbocycles. The molecule has 0 unspecified atom stereocenters. The first-order valence-electron chi connectivity index (χ1n) is 9.12. The molecule has 0 saturated heterocycles. The largest absolute Gasteiger partial charge is 0.490 e. The fraction of sp³-hybridized carbons (Fsp3) is 0.174. The summed E-state index contributed by atoms with van der Waals surface area (Å²) in [6, 6.07) is 14.9. The summed E-state index contributed by atoms with van der Waals surface area (Å²) in [6.45, 7) is 9.12. The summed E-state index contributed by atoms with van der Waals surface area (Å²) in [6.07, 6.45) is 3.56. The second-order valence-electron chi connectivity index (χ2n) is 6.77. The maximum Gasteiger partial charge on any atom is 0.143 e. The average Bonchev–Trinajstić information content (AvgIpc) is 3.04. The third-order valence-corrected chi connectivity index (χ3v) is 4.68. The Hall–Kier alpha value is -3.27. The number of aryl methyl sites for hydroxylation is 2. The average molecular weight is 357 g/mol. The number of hydrogen-bond acceptors (Lipinski definition) is 3. The van der Waals surface area contributed by atoms with Crippen LogP contribution in [0, 0.1) is 13.8 Å². The molecule has 0 fully saturated rings. The van der Waals surface area contributed by atoms with Crippen molar-refractivity contribution in [2.75, 3.05) is 13.2 Å². The maximum atomic E-state index is 6.03. The third-order valence-electron chi connectivity index (χ3n) is 4.68. The van der Waals surface area contributed by atoms with E-state index in [2.05, 4.69) is 72.1 Å². The van der Waals surface area contributed by atoms with E-state index in [4.69, 9.17) is 4.74 Å². The van der Waals surface area contributed by atoms with E-state index < -0.39 is 0 Å². The van der Waals surface area contributed by atoms with E-state index >= 15 is 0 Å². The van der Waals surface area contributed by atoms with Crippen LogP contribution in [0.25, 0.3) is 33.1 Å². The van der Waals surface area contributed by atoms with Crippen molar-refractivity contribution >= 4 is 21.9 Å². The third kappa shape index (κ3) is 3.26. The van der Waals surface area contributed by atoms with E-state index in [1.165, 1.54) is 16.7 Å². The molecule has 0 amide bonds. The standard InChI is InChI=1S/C23H23N3O/c1-4-24-10-11-27-20-9-8-18(17-7-5-6-15(2)12-17)21-19-13-16(3)14-25-23(19)26-22(20)21/h4-9,12-14,24H,1,10-11H2,2-3H3,(H,25,26). The van der Waals surface area contributed by atoms with Crippen LogP contribution in [0.3, 0.4) is 0 Å². The topological polar surface area (TPSA) is 49.9 Å². The van der Waals surface area contributed by atoms with Gasteiger partial charge in [-0.2, -0.15) is 0 Å². The highest BCUT2D eigenvalue weighted by Gasteiger charge is 2.15. The smallest absolute Gasteiger partial charge is 0.143 e. The Bertz CT molecular complexity index is 1130. The molecule has 27 heavy (non-hydrogen) atoms. The summed E-state index contributed by atoms with van der Waals surface area (Å²) in [7, 11) is 0. The zero-order valence-corrected chi connectivity index (χ0v) is 15.7. The lowest BCUT2D eigenvalue weighted by Crippen LogP contribution is -2.15. The van der Waals surface area contributed by atoms with Gasteiger partial charge in [0, 0.05) is 23.5 Å². The molecule has 0 bridgehead atoms. The lowest BCUT2D eigenvalue weighted by molar-refractivity contribution is 0.324. The number of pyridine rings is 1. The van der Waals surface area contributed by atoms with Gasteiger partial charge >= 0.3 is 0 Å².